The van der Waals surface area contributed by atoms with Crippen molar-refractivity contribution in [2.75, 3.05) is 32.8 Å². The summed E-state index contributed by atoms with van der Waals surface area (Å²) in [5.74, 6) is -0.0927. The van der Waals surface area contributed by atoms with E-state index in [1.165, 1.54) is 0 Å². The van der Waals surface area contributed by atoms with Crippen LogP contribution in [-0.2, 0) is 14.3 Å². The molecule has 0 saturated carbocycles. The molecular formula is C16H28ClN3O4. The third-order valence-electron chi connectivity index (χ3n) is 5.14. The van der Waals surface area contributed by atoms with Crippen molar-refractivity contribution < 1.29 is 19.4 Å². The lowest BCUT2D eigenvalue weighted by Gasteiger charge is -2.36. The summed E-state index contributed by atoms with van der Waals surface area (Å²) in [5, 5.41) is 15.8. The summed E-state index contributed by atoms with van der Waals surface area (Å²) in [5.41, 5.74) is 0. The number of nitrogens with zero attached hydrogens (tertiary/aromatic N) is 1. The van der Waals surface area contributed by atoms with E-state index in [-0.39, 0.29) is 36.2 Å². The van der Waals surface area contributed by atoms with Crippen LogP contribution in [0.2, 0.25) is 0 Å². The number of rotatable bonds is 4. The van der Waals surface area contributed by atoms with Gasteiger partial charge in [0.1, 0.15) is 12.1 Å². The van der Waals surface area contributed by atoms with Crippen LogP contribution in [0.15, 0.2) is 0 Å². The molecule has 0 aromatic carbocycles. The largest absolute Gasteiger partial charge is 0.391 e. The first-order chi connectivity index (χ1) is 11.2. The van der Waals surface area contributed by atoms with Gasteiger partial charge < -0.3 is 25.4 Å². The lowest BCUT2D eigenvalue weighted by atomic mass is 9.99. The third kappa shape index (κ3) is 4.39. The number of aliphatic hydroxyl groups excluding tert-OH is 1. The van der Waals surface area contributed by atoms with Crippen LogP contribution in [0.25, 0.3) is 0 Å². The Hall–Kier alpha value is -0.890. The van der Waals surface area contributed by atoms with Gasteiger partial charge in [-0.25, -0.2) is 0 Å². The molecule has 3 rings (SSSR count). The Balaban J connectivity index is 0.00000208. The standard InChI is InChI=1S/C16H27N3O4.ClH/c20-13-10-17-8-11(13)9-18-15(21)12-4-1-2-6-19(12)16(22)14-5-3-7-23-14;/h11-14,17,20H,1-10H2,(H,18,21);1H. The van der Waals surface area contributed by atoms with Crippen molar-refractivity contribution in [2.24, 2.45) is 5.92 Å². The van der Waals surface area contributed by atoms with E-state index in [0.29, 0.717) is 39.2 Å². The zero-order valence-electron chi connectivity index (χ0n) is 13.9. The van der Waals surface area contributed by atoms with Crippen LogP contribution in [0.5, 0.6) is 0 Å². The van der Waals surface area contributed by atoms with Crippen molar-refractivity contribution in [3.63, 3.8) is 0 Å². The molecule has 3 N–H and O–H groups in total. The molecule has 3 aliphatic heterocycles. The van der Waals surface area contributed by atoms with Crippen molar-refractivity contribution >= 4 is 24.2 Å². The lowest BCUT2D eigenvalue weighted by molar-refractivity contribution is -0.149. The Bertz CT molecular complexity index is 445. The maximum absolute atomic E-state index is 12.6. The molecule has 0 aromatic heterocycles. The molecule has 3 fully saturated rings. The SMILES string of the molecule is Cl.O=C(NCC1CNCC1O)C1CCCCN1C(=O)C1CCCO1. The quantitative estimate of drug-likeness (QED) is 0.637. The van der Waals surface area contributed by atoms with Crippen LogP contribution in [0.4, 0.5) is 0 Å². The van der Waals surface area contributed by atoms with Crippen molar-refractivity contribution in [1.82, 2.24) is 15.5 Å². The highest BCUT2D eigenvalue weighted by Gasteiger charge is 2.37. The second kappa shape index (κ2) is 8.99. The number of β-amino-alcohol motifs (C(OH)–C–C–N with tert-alkyl or cyclic N) is 1. The first-order valence-electron chi connectivity index (χ1n) is 8.75. The summed E-state index contributed by atoms with van der Waals surface area (Å²) >= 11 is 0. The zero-order chi connectivity index (χ0) is 16.2. The fourth-order valence-corrected chi connectivity index (χ4v) is 3.70. The number of aliphatic hydroxyl groups is 1. The average molecular weight is 362 g/mol. The van der Waals surface area contributed by atoms with Crippen LogP contribution >= 0.6 is 12.4 Å². The van der Waals surface area contributed by atoms with E-state index < -0.39 is 12.1 Å². The van der Waals surface area contributed by atoms with Crippen molar-refractivity contribution in [1.29, 1.82) is 0 Å². The predicted octanol–water partition coefficient (Wildman–Crippen LogP) is -0.335. The van der Waals surface area contributed by atoms with Crippen LogP contribution in [0.1, 0.15) is 32.1 Å². The Labute approximate surface area is 148 Å². The number of hydrogen-bond acceptors (Lipinski definition) is 5. The third-order valence-corrected chi connectivity index (χ3v) is 5.14. The van der Waals surface area contributed by atoms with Crippen molar-refractivity contribution in [2.45, 2.75) is 50.4 Å². The minimum atomic E-state index is -0.411. The normalized spacial score (nSPS) is 33.1. The molecule has 4 unspecified atom stereocenters. The van der Waals surface area contributed by atoms with Crippen LogP contribution in [-0.4, -0.2) is 72.9 Å². The number of ether oxygens (including phenoxy) is 1. The summed E-state index contributed by atoms with van der Waals surface area (Å²) in [6.45, 7) is 3.00. The highest BCUT2D eigenvalue weighted by Crippen LogP contribution is 2.22. The van der Waals surface area contributed by atoms with E-state index in [0.717, 1.165) is 25.7 Å². The molecule has 2 amide bonds. The number of carbonyl (C=O) groups is 2. The Morgan fingerprint density at radius 2 is 2.04 bits per heavy atom. The average Bonchev–Trinajstić information content (AvgIpc) is 3.24. The smallest absolute Gasteiger partial charge is 0.252 e. The molecule has 0 aromatic rings. The molecule has 3 heterocycles. The maximum Gasteiger partial charge on any atom is 0.252 e. The van der Waals surface area contributed by atoms with Crippen molar-refractivity contribution in [3.8, 4) is 0 Å². The second-order valence-corrected chi connectivity index (χ2v) is 6.78. The molecule has 7 nitrogen and oxygen atoms in total. The Morgan fingerprint density at radius 1 is 1.21 bits per heavy atom. The molecule has 3 saturated heterocycles. The molecule has 3 aliphatic rings. The van der Waals surface area contributed by atoms with Gasteiger partial charge in [0.2, 0.25) is 5.91 Å². The predicted molar refractivity (Wildman–Crippen MR) is 91.0 cm³/mol. The fourth-order valence-electron chi connectivity index (χ4n) is 3.70. The van der Waals surface area contributed by atoms with Gasteiger partial charge in [-0.3, -0.25) is 9.59 Å². The minimum absolute atomic E-state index is 0. The van der Waals surface area contributed by atoms with Gasteiger partial charge in [0.05, 0.1) is 6.10 Å². The van der Waals surface area contributed by atoms with E-state index >= 15 is 0 Å². The molecule has 24 heavy (non-hydrogen) atoms. The monoisotopic (exact) mass is 361 g/mol. The van der Waals surface area contributed by atoms with Gasteiger partial charge in [-0.15, -0.1) is 12.4 Å². The highest BCUT2D eigenvalue weighted by atomic mass is 35.5. The van der Waals surface area contributed by atoms with Crippen LogP contribution < -0.4 is 10.6 Å². The van der Waals surface area contributed by atoms with Crippen molar-refractivity contribution in [3.05, 3.63) is 0 Å². The molecule has 0 radical (unpaired) electrons. The summed E-state index contributed by atoms with van der Waals surface area (Å²) in [6.07, 6.45) is 3.48. The molecule has 0 spiro atoms. The van der Waals surface area contributed by atoms with Gasteiger partial charge in [-0.2, -0.15) is 0 Å². The first-order valence-corrected chi connectivity index (χ1v) is 8.75. The molecule has 8 heteroatoms. The zero-order valence-corrected chi connectivity index (χ0v) is 14.7. The fraction of sp³-hybridized carbons (Fsp3) is 0.875. The topological polar surface area (TPSA) is 90.9 Å². The van der Waals surface area contributed by atoms with Crippen LogP contribution in [0, 0.1) is 5.92 Å². The molecule has 138 valence electrons. The molecule has 4 atom stereocenters. The maximum atomic E-state index is 12.6. The van der Waals surface area contributed by atoms with E-state index in [2.05, 4.69) is 10.6 Å². The number of amides is 2. The van der Waals surface area contributed by atoms with E-state index in [1.54, 1.807) is 4.90 Å². The van der Waals surface area contributed by atoms with E-state index in [1.807, 2.05) is 0 Å². The van der Waals surface area contributed by atoms with Gasteiger partial charge in [-0.1, -0.05) is 0 Å². The molecule has 0 bridgehead atoms. The summed E-state index contributed by atoms with van der Waals surface area (Å²) in [6, 6.07) is -0.396. The van der Waals surface area contributed by atoms with E-state index in [4.69, 9.17) is 4.74 Å². The Kier molecular flexibility index (Phi) is 7.28. The first kappa shape index (κ1) is 19.4. The summed E-state index contributed by atoms with van der Waals surface area (Å²) in [7, 11) is 0. The number of carbonyl (C=O) groups excluding carboxylic acids is 2. The summed E-state index contributed by atoms with van der Waals surface area (Å²) < 4.78 is 5.49. The van der Waals surface area contributed by atoms with Gasteiger partial charge in [0.15, 0.2) is 0 Å². The molecule has 0 aliphatic carbocycles. The summed E-state index contributed by atoms with van der Waals surface area (Å²) in [4.78, 5) is 26.8. The lowest BCUT2D eigenvalue weighted by Crippen LogP contribution is -2.55. The number of halogens is 1. The van der Waals surface area contributed by atoms with Gasteiger partial charge in [-0.05, 0) is 32.1 Å². The highest BCUT2D eigenvalue weighted by molar-refractivity contribution is 5.89. The minimum Gasteiger partial charge on any atom is -0.391 e. The number of likely N-dealkylation sites (tertiary alicyclic amines) is 1. The number of piperidine rings is 1. The van der Waals surface area contributed by atoms with Gasteiger partial charge >= 0.3 is 0 Å². The van der Waals surface area contributed by atoms with Crippen LogP contribution in [0.3, 0.4) is 0 Å². The number of hydrogen-bond donors (Lipinski definition) is 3. The van der Waals surface area contributed by atoms with E-state index in [9.17, 15) is 14.7 Å². The second-order valence-electron chi connectivity index (χ2n) is 6.78. The Morgan fingerprint density at radius 3 is 2.71 bits per heavy atom. The molecular weight excluding hydrogens is 334 g/mol. The van der Waals surface area contributed by atoms with Gasteiger partial charge in [0.25, 0.3) is 5.91 Å². The number of nitrogens with one attached hydrogen (secondary N) is 2. The van der Waals surface area contributed by atoms with Gasteiger partial charge in [0, 0.05) is 38.7 Å².